The van der Waals surface area contributed by atoms with Crippen LogP contribution in [0, 0.1) is 0 Å². The number of rotatable bonds is 7. The maximum Gasteiger partial charge on any atom is 0.0313 e. The topological polar surface area (TPSA) is 64.1 Å². The van der Waals surface area contributed by atoms with Crippen LogP contribution in [0.4, 0.5) is 5.69 Å². The second kappa shape index (κ2) is 16.3. The number of nitrogens with one attached hydrogen (secondary N) is 1. The van der Waals surface area contributed by atoms with Crippen molar-refractivity contribution in [3.63, 3.8) is 0 Å². The van der Waals surface area contributed by atoms with E-state index in [-0.39, 0.29) is 0 Å². The summed E-state index contributed by atoms with van der Waals surface area (Å²) in [4.78, 5) is 0. The molecule has 0 saturated carbocycles. The fourth-order valence-corrected chi connectivity index (χ4v) is 2.49. The van der Waals surface area contributed by atoms with Crippen molar-refractivity contribution in [2.45, 2.75) is 45.7 Å². The fourth-order valence-electron chi connectivity index (χ4n) is 2.49. The van der Waals surface area contributed by atoms with Crippen LogP contribution in [0.5, 0.6) is 0 Å². The van der Waals surface area contributed by atoms with Crippen LogP contribution in [0.3, 0.4) is 0 Å². The first kappa shape index (κ1) is 24.4. The molecule has 3 nitrogen and oxygen atoms in total. The Morgan fingerprint density at radius 2 is 1.17 bits per heavy atom. The molecule has 0 heterocycles. The van der Waals surface area contributed by atoms with Gasteiger partial charge in [0.15, 0.2) is 0 Å². The van der Waals surface area contributed by atoms with E-state index in [1.165, 1.54) is 17.5 Å². The van der Waals surface area contributed by atoms with Gasteiger partial charge in [0.2, 0.25) is 0 Å². The van der Waals surface area contributed by atoms with E-state index in [4.69, 9.17) is 11.5 Å². The Morgan fingerprint density at radius 1 is 0.690 bits per heavy atom. The molecule has 0 aromatic heterocycles. The largest absolute Gasteiger partial charge is 0.399 e. The predicted molar refractivity (Wildman–Crippen MR) is 128 cm³/mol. The minimum Gasteiger partial charge on any atom is -0.399 e. The summed E-state index contributed by atoms with van der Waals surface area (Å²) in [7, 11) is 0. The van der Waals surface area contributed by atoms with E-state index in [1.54, 1.807) is 0 Å². The highest BCUT2D eigenvalue weighted by molar-refractivity contribution is 5.35. The van der Waals surface area contributed by atoms with E-state index in [0.29, 0.717) is 6.04 Å². The van der Waals surface area contributed by atoms with Gasteiger partial charge in [-0.25, -0.2) is 0 Å². The van der Waals surface area contributed by atoms with Crippen LogP contribution in [-0.2, 0) is 13.0 Å². The van der Waals surface area contributed by atoms with Gasteiger partial charge < -0.3 is 16.8 Å². The first-order chi connectivity index (χ1) is 14.1. The summed E-state index contributed by atoms with van der Waals surface area (Å²) in [6.45, 7) is 6.09. The lowest BCUT2D eigenvalue weighted by atomic mass is 10.1. The third-order valence-corrected chi connectivity index (χ3v) is 4.12. The van der Waals surface area contributed by atoms with Gasteiger partial charge in [0.25, 0.3) is 0 Å². The molecule has 0 aliphatic rings. The molecule has 0 bridgehead atoms. The van der Waals surface area contributed by atoms with Crippen LogP contribution in [0.15, 0.2) is 91.0 Å². The van der Waals surface area contributed by atoms with Crippen molar-refractivity contribution in [1.29, 1.82) is 0 Å². The highest BCUT2D eigenvalue weighted by Gasteiger charge is 1.92. The van der Waals surface area contributed by atoms with Gasteiger partial charge in [-0.3, -0.25) is 0 Å². The average Bonchev–Trinajstić information content (AvgIpc) is 2.75. The molecule has 3 aromatic carbocycles. The van der Waals surface area contributed by atoms with Crippen molar-refractivity contribution in [3.8, 4) is 0 Å². The molecule has 156 valence electrons. The second-order valence-corrected chi connectivity index (χ2v) is 7.16. The van der Waals surface area contributed by atoms with Crippen LogP contribution in [0.1, 0.15) is 37.8 Å². The van der Waals surface area contributed by atoms with Gasteiger partial charge in [-0.1, -0.05) is 92.7 Å². The zero-order valence-corrected chi connectivity index (χ0v) is 17.9. The van der Waals surface area contributed by atoms with E-state index < -0.39 is 0 Å². The number of para-hydroxylation sites is 1. The van der Waals surface area contributed by atoms with Gasteiger partial charge in [-0.05, 0) is 49.1 Å². The molecule has 0 atom stereocenters. The number of nitrogen functional groups attached to an aromatic ring is 1. The second-order valence-electron chi connectivity index (χ2n) is 7.16. The zero-order chi connectivity index (χ0) is 21.2. The molecule has 0 spiro atoms. The zero-order valence-electron chi connectivity index (χ0n) is 17.9. The lowest BCUT2D eigenvalue weighted by Crippen LogP contribution is -2.21. The van der Waals surface area contributed by atoms with Crippen LogP contribution in [-0.4, -0.2) is 12.6 Å². The Balaban J connectivity index is 0.000000223. The molecule has 0 unspecified atom stereocenters. The third kappa shape index (κ3) is 14.1. The molecule has 0 aliphatic carbocycles. The molecule has 0 aliphatic heterocycles. The van der Waals surface area contributed by atoms with Crippen LogP contribution < -0.4 is 16.8 Å². The summed E-state index contributed by atoms with van der Waals surface area (Å²) in [5.74, 6) is 0. The Kier molecular flexibility index (Phi) is 13.8. The number of unbranched alkanes of at least 4 members (excludes halogenated alkanes) is 1. The molecular formula is C26H37N3. The number of aryl methyl sites for hydroxylation is 1. The molecule has 3 rings (SSSR count). The summed E-state index contributed by atoms with van der Waals surface area (Å²) in [5.41, 5.74) is 14.3. The lowest BCUT2D eigenvalue weighted by Gasteiger charge is -2.06. The molecule has 3 heteroatoms. The summed E-state index contributed by atoms with van der Waals surface area (Å²) in [6.07, 6.45) is 3.51. The van der Waals surface area contributed by atoms with Crippen molar-refractivity contribution >= 4 is 5.69 Å². The average molecular weight is 392 g/mol. The summed E-state index contributed by atoms with van der Waals surface area (Å²) < 4.78 is 0. The number of benzene rings is 3. The first-order valence-corrected chi connectivity index (χ1v) is 10.4. The van der Waals surface area contributed by atoms with Gasteiger partial charge in [0.05, 0.1) is 0 Å². The molecule has 0 radical (unpaired) electrons. The van der Waals surface area contributed by atoms with Gasteiger partial charge in [-0.15, -0.1) is 0 Å². The van der Waals surface area contributed by atoms with Crippen LogP contribution in [0.25, 0.3) is 0 Å². The maximum absolute atomic E-state index is 5.39. The highest BCUT2D eigenvalue weighted by atomic mass is 14.9. The molecule has 0 saturated heterocycles. The van der Waals surface area contributed by atoms with Crippen molar-refractivity contribution in [3.05, 3.63) is 102 Å². The van der Waals surface area contributed by atoms with E-state index >= 15 is 0 Å². The molecule has 0 amide bonds. The molecule has 0 fully saturated rings. The Labute approximate surface area is 177 Å². The summed E-state index contributed by atoms with van der Waals surface area (Å²) >= 11 is 0. The normalized spacial score (nSPS) is 9.79. The highest BCUT2D eigenvalue weighted by Crippen LogP contribution is 2.03. The Morgan fingerprint density at radius 3 is 1.59 bits per heavy atom. The van der Waals surface area contributed by atoms with Gasteiger partial charge in [0.1, 0.15) is 0 Å². The van der Waals surface area contributed by atoms with E-state index in [2.05, 4.69) is 67.7 Å². The minimum atomic E-state index is 0.565. The monoisotopic (exact) mass is 391 g/mol. The van der Waals surface area contributed by atoms with Crippen molar-refractivity contribution in [2.75, 3.05) is 12.3 Å². The third-order valence-electron chi connectivity index (χ3n) is 4.12. The fraction of sp³-hybridized carbons (Fsp3) is 0.308. The predicted octanol–water partition coefficient (Wildman–Crippen LogP) is 5.42. The SMILES string of the molecule is CC(C)NCc1ccccc1.NCCCCc1ccccc1.Nc1ccccc1. The van der Waals surface area contributed by atoms with E-state index in [0.717, 1.165) is 31.6 Å². The number of hydrogen-bond donors (Lipinski definition) is 3. The smallest absolute Gasteiger partial charge is 0.0313 e. The van der Waals surface area contributed by atoms with Crippen LogP contribution in [0.2, 0.25) is 0 Å². The van der Waals surface area contributed by atoms with E-state index in [9.17, 15) is 0 Å². The molecule has 29 heavy (non-hydrogen) atoms. The van der Waals surface area contributed by atoms with Crippen molar-refractivity contribution < 1.29 is 0 Å². The van der Waals surface area contributed by atoms with Gasteiger partial charge in [-0.2, -0.15) is 0 Å². The minimum absolute atomic E-state index is 0.565. The standard InChI is InChI=1S/2C10H15N.C6H7N/c1-9(2)11-8-10-6-4-3-5-7-10;11-9-5-4-8-10-6-2-1-3-7-10;7-6-4-2-1-3-5-6/h3-7,9,11H,8H2,1-2H3;1-3,6-7H,4-5,8-9,11H2;1-5H,7H2. The summed E-state index contributed by atoms with van der Waals surface area (Å²) in [5, 5.41) is 3.36. The molecule has 3 aromatic rings. The van der Waals surface area contributed by atoms with Crippen LogP contribution >= 0.6 is 0 Å². The van der Waals surface area contributed by atoms with Gasteiger partial charge in [0, 0.05) is 18.3 Å². The maximum atomic E-state index is 5.39. The Bertz CT molecular complexity index is 713. The van der Waals surface area contributed by atoms with Crippen molar-refractivity contribution in [2.24, 2.45) is 5.73 Å². The van der Waals surface area contributed by atoms with Crippen molar-refractivity contribution in [1.82, 2.24) is 5.32 Å². The Hall–Kier alpha value is -2.62. The number of nitrogens with two attached hydrogens (primary N) is 2. The molecule has 5 N–H and O–H groups in total. The number of anilines is 1. The van der Waals surface area contributed by atoms with Gasteiger partial charge >= 0.3 is 0 Å². The summed E-state index contributed by atoms with van der Waals surface area (Å²) in [6, 6.07) is 31.0. The number of hydrogen-bond acceptors (Lipinski definition) is 3. The van der Waals surface area contributed by atoms with E-state index in [1.807, 2.05) is 42.5 Å². The lowest BCUT2D eigenvalue weighted by molar-refractivity contribution is 0.589. The molecular weight excluding hydrogens is 354 g/mol. The first-order valence-electron chi connectivity index (χ1n) is 10.4. The quantitative estimate of drug-likeness (QED) is 0.372.